The number of hydrogen-bond acceptors (Lipinski definition) is 2. The number of rotatable bonds is 6. The fourth-order valence-electron chi connectivity index (χ4n) is 2.29. The van der Waals surface area contributed by atoms with Crippen molar-refractivity contribution in [2.75, 3.05) is 19.6 Å². The molecule has 116 valence electrons. The van der Waals surface area contributed by atoms with Gasteiger partial charge >= 0.3 is 0 Å². The molecular weight excluding hydrogens is 286 g/mol. The average molecular weight is 310 g/mol. The fraction of sp³-hybridized carbons (Fsp3) is 0.562. The minimum Gasteiger partial charge on any atom is -0.388 e. The molecule has 5 heteroatoms. The number of benzene rings is 1. The lowest BCUT2D eigenvalue weighted by molar-refractivity contribution is -0.0236. The Kier molecular flexibility index (Phi) is 5.88. The van der Waals surface area contributed by atoms with Crippen molar-refractivity contribution in [3.8, 4) is 0 Å². The molecule has 0 spiro atoms. The van der Waals surface area contributed by atoms with Crippen LogP contribution in [0.3, 0.4) is 0 Å². The molecule has 0 radical (unpaired) electrons. The third-order valence-corrected chi connectivity index (χ3v) is 4.03. The van der Waals surface area contributed by atoms with Crippen LogP contribution in [0.25, 0.3) is 0 Å². The number of aliphatic hydroxyl groups is 1. The molecule has 0 aliphatic heterocycles. The summed E-state index contributed by atoms with van der Waals surface area (Å²) in [5, 5.41) is 17.3. The summed E-state index contributed by atoms with van der Waals surface area (Å²) >= 11 is 5.87. The predicted molar refractivity (Wildman–Crippen MR) is 87.9 cm³/mol. The van der Waals surface area contributed by atoms with Gasteiger partial charge in [-0.05, 0) is 50.3 Å². The maximum absolute atomic E-state index is 10.1. The molecule has 4 nitrogen and oxygen atoms in total. The molecule has 1 fully saturated rings. The molecule has 0 amide bonds. The molecule has 0 aromatic heterocycles. The number of nitrogens with one attached hydrogen (secondary N) is 2. The molecule has 1 aromatic rings. The van der Waals surface area contributed by atoms with Crippen molar-refractivity contribution < 1.29 is 5.11 Å². The van der Waals surface area contributed by atoms with Crippen LogP contribution in [0.4, 0.5) is 0 Å². The van der Waals surface area contributed by atoms with Crippen molar-refractivity contribution in [2.24, 2.45) is 4.99 Å². The summed E-state index contributed by atoms with van der Waals surface area (Å²) in [6.45, 7) is 4.12. The Balaban J connectivity index is 1.79. The predicted octanol–water partition coefficient (Wildman–Crippen LogP) is 2.35. The van der Waals surface area contributed by atoms with Gasteiger partial charge in [0.25, 0.3) is 0 Å². The van der Waals surface area contributed by atoms with Crippen molar-refractivity contribution in [2.45, 2.75) is 38.2 Å². The normalized spacial score (nSPS) is 17.2. The molecule has 21 heavy (non-hydrogen) atoms. The third-order valence-electron chi connectivity index (χ3n) is 3.78. The Morgan fingerprint density at radius 1 is 1.29 bits per heavy atom. The van der Waals surface area contributed by atoms with Gasteiger partial charge in [-0.15, -0.1) is 0 Å². The average Bonchev–Trinajstić information content (AvgIpc) is 2.45. The summed E-state index contributed by atoms with van der Waals surface area (Å²) in [4.78, 5) is 4.48. The zero-order valence-corrected chi connectivity index (χ0v) is 13.3. The number of halogens is 1. The van der Waals surface area contributed by atoms with Gasteiger partial charge in [0.15, 0.2) is 5.96 Å². The van der Waals surface area contributed by atoms with E-state index in [1.54, 1.807) is 0 Å². The Labute approximate surface area is 131 Å². The van der Waals surface area contributed by atoms with E-state index in [1.165, 1.54) is 5.56 Å². The standard InChI is InChI=1S/C16H24ClN3O/c1-2-18-15(20-12-16(21)9-3-10-16)19-11-8-13-4-6-14(17)7-5-13/h4-7,21H,2-3,8-12H2,1H3,(H2,18,19,20). The highest BCUT2D eigenvalue weighted by molar-refractivity contribution is 6.30. The zero-order valence-electron chi connectivity index (χ0n) is 12.5. The summed E-state index contributed by atoms with van der Waals surface area (Å²) in [5.74, 6) is 0.770. The maximum Gasteiger partial charge on any atom is 0.191 e. The van der Waals surface area contributed by atoms with Crippen molar-refractivity contribution >= 4 is 17.6 Å². The van der Waals surface area contributed by atoms with E-state index in [9.17, 15) is 5.11 Å². The topological polar surface area (TPSA) is 56.7 Å². The van der Waals surface area contributed by atoms with Gasteiger partial charge in [-0.1, -0.05) is 23.7 Å². The Bertz CT molecular complexity index is 469. The van der Waals surface area contributed by atoms with E-state index in [1.807, 2.05) is 31.2 Å². The van der Waals surface area contributed by atoms with Gasteiger partial charge in [-0.3, -0.25) is 4.99 Å². The molecule has 1 aliphatic rings. The van der Waals surface area contributed by atoms with E-state index in [0.717, 1.165) is 49.8 Å². The van der Waals surface area contributed by atoms with Crippen LogP contribution in [0.15, 0.2) is 29.3 Å². The zero-order chi connectivity index (χ0) is 15.1. The smallest absolute Gasteiger partial charge is 0.191 e. The quantitative estimate of drug-likeness (QED) is 0.558. The lowest BCUT2D eigenvalue weighted by Crippen LogP contribution is -2.43. The first-order valence-electron chi connectivity index (χ1n) is 7.60. The summed E-state index contributed by atoms with van der Waals surface area (Å²) in [6.07, 6.45) is 3.74. The molecular formula is C16H24ClN3O. The van der Waals surface area contributed by atoms with Gasteiger partial charge in [0.05, 0.1) is 12.1 Å². The summed E-state index contributed by atoms with van der Waals surface area (Å²) in [7, 11) is 0. The number of nitrogens with zero attached hydrogens (tertiary/aromatic N) is 1. The van der Waals surface area contributed by atoms with E-state index >= 15 is 0 Å². The Morgan fingerprint density at radius 2 is 2.00 bits per heavy atom. The fourth-order valence-corrected chi connectivity index (χ4v) is 2.41. The molecule has 0 heterocycles. The highest BCUT2D eigenvalue weighted by atomic mass is 35.5. The SMILES string of the molecule is CCNC(=NCC1(O)CCC1)NCCc1ccc(Cl)cc1. The largest absolute Gasteiger partial charge is 0.388 e. The lowest BCUT2D eigenvalue weighted by Gasteiger charge is -2.35. The van der Waals surface area contributed by atoms with Crippen LogP contribution in [0.5, 0.6) is 0 Å². The number of guanidine groups is 1. The second-order valence-corrected chi connectivity index (χ2v) is 6.01. The first-order valence-corrected chi connectivity index (χ1v) is 7.98. The summed E-state index contributed by atoms with van der Waals surface area (Å²) in [6, 6.07) is 7.88. The summed E-state index contributed by atoms with van der Waals surface area (Å²) in [5.41, 5.74) is 0.666. The van der Waals surface area contributed by atoms with Crippen LogP contribution >= 0.6 is 11.6 Å². The Hall–Kier alpha value is -1.26. The van der Waals surface area contributed by atoms with Crippen LogP contribution in [0.1, 0.15) is 31.7 Å². The van der Waals surface area contributed by atoms with E-state index in [2.05, 4.69) is 15.6 Å². The molecule has 0 bridgehead atoms. The second kappa shape index (κ2) is 7.66. The monoisotopic (exact) mass is 309 g/mol. The van der Waals surface area contributed by atoms with Gasteiger partial charge in [0, 0.05) is 18.1 Å². The molecule has 0 atom stereocenters. The molecule has 1 saturated carbocycles. The van der Waals surface area contributed by atoms with E-state index in [4.69, 9.17) is 11.6 Å². The maximum atomic E-state index is 10.1. The first kappa shape index (κ1) is 16.1. The van der Waals surface area contributed by atoms with Gasteiger partial charge in [-0.2, -0.15) is 0 Å². The van der Waals surface area contributed by atoms with Gasteiger partial charge in [0.1, 0.15) is 0 Å². The van der Waals surface area contributed by atoms with Gasteiger partial charge in [-0.25, -0.2) is 0 Å². The van der Waals surface area contributed by atoms with Crippen LogP contribution < -0.4 is 10.6 Å². The van der Waals surface area contributed by atoms with E-state index in [0.29, 0.717) is 6.54 Å². The highest BCUT2D eigenvalue weighted by Gasteiger charge is 2.34. The van der Waals surface area contributed by atoms with Crippen LogP contribution in [0.2, 0.25) is 5.02 Å². The minimum absolute atomic E-state index is 0.475. The van der Waals surface area contributed by atoms with Gasteiger partial charge < -0.3 is 15.7 Å². The van der Waals surface area contributed by atoms with Gasteiger partial charge in [0.2, 0.25) is 0 Å². The first-order chi connectivity index (χ1) is 10.1. The molecule has 2 rings (SSSR count). The number of hydrogen-bond donors (Lipinski definition) is 3. The van der Waals surface area contributed by atoms with Crippen LogP contribution in [0, 0.1) is 0 Å². The molecule has 1 aliphatic carbocycles. The molecule has 3 N–H and O–H groups in total. The van der Waals surface area contributed by atoms with Crippen molar-refractivity contribution in [1.29, 1.82) is 0 Å². The van der Waals surface area contributed by atoms with Crippen LogP contribution in [-0.2, 0) is 6.42 Å². The third kappa shape index (κ3) is 5.21. The molecule has 0 unspecified atom stereocenters. The number of aliphatic imine (C=N–C) groups is 1. The van der Waals surface area contributed by atoms with Crippen molar-refractivity contribution in [3.63, 3.8) is 0 Å². The van der Waals surface area contributed by atoms with Crippen molar-refractivity contribution in [1.82, 2.24) is 10.6 Å². The van der Waals surface area contributed by atoms with E-state index in [-0.39, 0.29) is 0 Å². The van der Waals surface area contributed by atoms with Crippen molar-refractivity contribution in [3.05, 3.63) is 34.9 Å². The lowest BCUT2D eigenvalue weighted by atomic mass is 9.80. The van der Waals surface area contributed by atoms with Crippen LogP contribution in [-0.4, -0.2) is 36.3 Å². The minimum atomic E-state index is -0.571. The summed E-state index contributed by atoms with van der Waals surface area (Å²) < 4.78 is 0. The highest BCUT2D eigenvalue weighted by Crippen LogP contribution is 2.31. The Morgan fingerprint density at radius 3 is 2.57 bits per heavy atom. The molecule has 1 aromatic carbocycles. The second-order valence-electron chi connectivity index (χ2n) is 5.58. The molecule has 0 saturated heterocycles. The van der Waals surface area contributed by atoms with E-state index < -0.39 is 5.60 Å².